The van der Waals surface area contributed by atoms with E-state index >= 15 is 0 Å². The molecule has 0 aliphatic rings. The lowest BCUT2D eigenvalue weighted by molar-refractivity contribution is 0.165. The van der Waals surface area contributed by atoms with Crippen molar-refractivity contribution in [1.82, 2.24) is 20.1 Å². The number of rotatable bonds is 7. The van der Waals surface area contributed by atoms with Gasteiger partial charge in [-0.25, -0.2) is 4.98 Å². The quantitative estimate of drug-likeness (QED) is 0.709. The molecule has 5 heteroatoms. The van der Waals surface area contributed by atoms with Gasteiger partial charge in [0, 0.05) is 26.6 Å². The lowest BCUT2D eigenvalue weighted by Crippen LogP contribution is -2.36. The highest BCUT2D eigenvalue weighted by Gasteiger charge is 2.11. The van der Waals surface area contributed by atoms with Crippen LogP contribution >= 0.6 is 0 Å². The standard InChI is InChI=1S/C10H20N4O/c1-4-5-11-9(7-15-3)6-10-12-8-13-14(10)2/h8-9,11H,4-7H2,1-3H3. The molecule has 0 spiro atoms. The minimum atomic E-state index is 0.317. The number of hydrogen-bond acceptors (Lipinski definition) is 4. The Balaban J connectivity index is 2.46. The van der Waals surface area contributed by atoms with Gasteiger partial charge in [0.2, 0.25) is 0 Å². The molecule has 0 fully saturated rings. The number of aryl methyl sites for hydroxylation is 1. The molecule has 0 radical (unpaired) electrons. The van der Waals surface area contributed by atoms with Gasteiger partial charge in [-0.05, 0) is 13.0 Å². The van der Waals surface area contributed by atoms with Crippen molar-refractivity contribution in [2.45, 2.75) is 25.8 Å². The lowest BCUT2D eigenvalue weighted by atomic mass is 10.2. The van der Waals surface area contributed by atoms with Crippen molar-refractivity contribution in [3.63, 3.8) is 0 Å². The average molecular weight is 212 g/mol. The summed E-state index contributed by atoms with van der Waals surface area (Å²) in [5, 5.41) is 7.48. The maximum Gasteiger partial charge on any atom is 0.138 e. The minimum Gasteiger partial charge on any atom is -0.383 e. The van der Waals surface area contributed by atoms with Crippen molar-refractivity contribution in [3.8, 4) is 0 Å². The van der Waals surface area contributed by atoms with Gasteiger partial charge in [0.05, 0.1) is 6.61 Å². The first kappa shape index (κ1) is 12.1. The molecule has 5 nitrogen and oxygen atoms in total. The van der Waals surface area contributed by atoms with Gasteiger partial charge in [0.15, 0.2) is 0 Å². The SMILES string of the molecule is CCCNC(COC)Cc1ncnn1C. The Morgan fingerprint density at radius 1 is 1.60 bits per heavy atom. The molecule has 0 aliphatic carbocycles. The fourth-order valence-corrected chi connectivity index (χ4v) is 1.46. The molecule has 0 saturated carbocycles. The number of aromatic nitrogens is 3. The van der Waals surface area contributed by atoms with E-state index in [1.807, 2.05) is 7.05 Å². The molecular formula is C10H20N4O. The van der Waals surface area contributed by atoms with Crippen LogP contribution in [-0.2, 0) is 18.2 Å². The summed E-state index contributed by atoms with van der Waals surface area (Å²) in [5.74, 6) is 0.987. The van der Waals surface area contributed by atoms with Crippen LogP contribution in [0.25, 0.3) is 0 Å². The topological polar surface area (TPSA) is 52.0 Å². The number of ether oxygens (including phenoxy) is 1. The average Bonchev–Trinajstić information content (AvgIpc) is 2.61. The Morgan fingerprint density at radius 2 is 2.40 bits per heavy atom. The molecule has 0 saturated heterocycles. The normalized spacial score (nSPS) is 13.0. The third kappa shape index (κ3) is 3.97. The number of methoxy groups -OCH3 is 1. The van der Waals surface area contributed by atoms with Crippen LogP contribution in [0.4, 0.5) is 0 Å². The van der Waals surface area contributed by atoms with E-state index in [1.165, 1.54) is 0 Å². The summed E-state index contributed by atoms with van der Waals surface area (Å²) in [6.07, 6.45) is 3.56. The van der Waals surface area contributed by atoms with Crippen molar-refractivity contribution in [1.29, 1.82) is 0 Å². The Labute approximate surface area is 90.8 Å². The van der Waals surface area contributed by atoms with Gasteiger partial charge in [-0.2, -0.15) is 5.10 Å². The third-order valence-corrected chi connectivity index (χ3v) is 2.28. The van der Waals surface area contributed by atoms with Crippen molar-refractivity contribution < 1.29 is 4.74 Å². The lowest BCUT2D eigenvalue weighted by Gasteiger charge is -2.16. The fraction of sp³-hybridized carbons (Fsp3) is 0.800. The summed E-state index contributed by atoms with van der Waals surface area (Å²) in [6.45, 7) is 3.86. The minimum absolute atomic E-state index is 0.317. The van der Waals surface area contributed by atoms with Crippen molar-refractivity contribution in [3.05, 3.63) is 12.2 Å². The number of nitrogens with one attached hydrogen (secondary N) is 1. The van der Waals surface area contributed by atoms with Gasteiger partial charge < -0.3 is 10.1 Å². The van der Waals surface area contributed by atoms with Crippen molar-refractivity contribution in [2.75, 3.05) is 20.3 Å². The molecule has 1 N–H and O–H groups in total. The zero-order chi connectivity index (χ0) is 11.1. The van der Waals surface area contributed by atoms with Crippen LogP contribution in [0.3, 0.4) is 0 Å². The Bertz CT molecular complexity index is 274. The first-order chi connectivity index (χ1) is 7.27. The molecule has 1 heterocycles. The third-order valence-electron chi connectivity index (χ3n) is 2.28. The number of nitrogens with zero attached hydrogens (tertiary/aromatic N) is 3. The van der Waals surface area contributed by atoms with Crippen molar-refractivity contribution >= 4 is 0 Å². The first-order valence-corrected chi connectivity index (χ1v) is 5.33. The van der Waals surface area contributed by atoms with E-state index in [1.54, 1.807) is 18.1 Å². The van der Waals surface area contributed by atoms with Crippen LogP contribution in [0.2, 0.25) is 0 Å². The smallest absolute Gasteiger partial charge is 0.138 e. The van der Waals surface area contributed by atoms with E-state index in [-0.39, 0.29) is 0 Å². The van der Waals surface area contributed by atoms with Gasteiger partial charge in [0.25, 0.3) is 0 Å². The predicted octanol–water partition coefficient (Wildman–Crippen LogP) is 0.372. The van der Waals surface area contributed by atoms with Gasteiger partial charge in [-0.1, -0.05) is 6.92 Å². The molecule has 1 unspecified atom stereocenters. The predicted molar refractivity (Wildman–Crippen MR) is 58.7 cm³/mol. The van der Waals surface area contributed by atoms with E-state index in [0.29, 0.717) is 12.6 Å². The molecular weight excluding hydrogens is 192 g/mol. The molecule has 1 atom stereocenters. The van der Waals surface area contributed by atoms with Crippen molar-refractivity contribution in [2.24, 2.45) is 7.05 Å². The van der Waals surface area contributed by atoms with Gasteiger partial charge >= 0.3 is 0 Å². The van der Waals surface area contributed by atoms with E-state index in [4.69, 9.17) is 4.74 Å². The van der Waals surface area contributed by atoms with Crippen LogP contribution in [0.5, 0.6) is 0 Å². The number of hydrogen-bond donors (Lipinski definition) is 1. The summed E-state index contributed by atoms with van der Waals surface area (Å²) in [5.41, 5.74) is 0. The molecule has 1 aromatic heterocycles. The first-order valence-electron chi connectivity index (χ1n) is 5.33. The zero-order valence-electron chi connectivity index (χ0n) is 9.73. The summed E-state index contributed by atoms with van der Waals surface area (Å²) in [4.78, 5) is 4.20. The van der Waals surface area contributed by atoms with Crippen LogP contribution < -0.4 is 5.32 Å². The van der Waals surface area contributed by atoms with Gasteiger partial charge in [-0.15, -0.1) is 0 Å². The van der Waals surface area contributed by atoms with E-state index in [9.17, 15) is 0 Å². The molecule has 0 aromatic carbocycles. The van der Waals surface area contributed by atoms with Crippen LogP contribution in [0.1, 0.15) is 19.2 Å². The molecule has 0 bridgehead atoms. The highest BCUT2D eigenvalue weighted by atomic mass is 16.5. The second-order valence-electron chi connectivity index (χ2n) is 3.61. The van der Waals surface area contributed by atoms with E-state index < -0.39 is 0 Å². The molecule has 0 aliphatic heterocycles. The second kappa shape index (κ2) is 6.53. The molecule has 1 rings (SSSR count). The molecule has 15 heavy (non-hydrogen) atoms. The monoisotopic (exact) mass is 212 g/mol. The zero-order valence-corrected chi connectivity index (χ0v) is 9.73. The van der Waals surface area contributed by atoms with E-state index in [0.717, 1.165) is 25.2 Å². The van der Waals surface area contributed by atoms with Gasteiger partial charge in [-0.3, -0.25) is 4.68 Å². The van der Waals surface area contributed by atoms with Crippen LogP contribution in [-0.4, -0.2) is 41.1 Å². The van der Waals surface area contributed by atoms with Gasteiger partial charge in [0.1, 0.15) is 12.2 Å². The Morgan fingerprint density at radius 3 is 2.93 bits per heavy atom. The summed E-state index contributed by atoms with van der Waals surface area (Å²) < 4.78 is 6.97. The Hall–Kier alpha value is -0.940. The van der Waals surface area contributed by atoms with Crippen LogP contribution in [0, 0.1) is 0 Å². The van der Waals surface area contributed by atoms with Crippen LogP contribution in [0.15, 0.2) is 6.33 Å². The fourth-order valence-electron chi connectivity index (χ4n) is 1.46. The molecule has 0 amide bonds. The molecule has 1 aromatic rings. The largest absolute Gasteiger partial charge is 0.383 e. The maximum absolute atomic E-state index is 5.17. The molecule has 86 valence electrons. The highest BCUT2D eigenvalue weighted by molar-refractivity contribution is 4.88. The summed E-state index contributed by atoms with van der Waals surface area (Å²) in [7, 11) is 3.63. The van der Waals surface area contributed by atoms with E-state index in [2.05, 4.69) is 22.3 Å². The maximum atomic E-state index is 5.17. The summed E-state index contributed by atoms with van der Waals surface area (Å²) in [6, 6.07) is 0.317. The second-order valence-corrected chi connectivity index (χ2v) is 3.61. The summed E-state index contributed by atoms with van der Waals surface area (Å²) >= 11 is 0. The highest BCUT2D eigenvalue weighted by Crippen LogP contribution is 1.98. The Kier molecular flexibility index (Phi) is 5.28.